The summed E-state index contributed by atoms with van der Waals surface area (Å²) < 4.78 is 11.3. The summed E-state index contributed by atoms with van der Waals surface area (Å²) in [7, 11) is 1.60. The summed E-state index contributed by atoms with van der Waals surface area (Å²) in [4.78, 5) is 9.77. The average Bonchev–Trinajstić information content (AvgIpc) is 3.35. The number of methoxy groups -OCH3 is 1. The molecule has 0 atom stereocenters. The lowest BCUT2D eigenvalue weighted by Crippen LogP contribution is -1.99. The molecular formula is C27H18ClN5O2S. The number of pyridine rings is 2. The minimum absolute atomic E-state index is 0.615. The molecule has 0 saturated carbocycles. The molecular weight excluding hydrogens is 494 g/mol. The average molecular weight is 512 g/mol. The Morgan fingerprint density at radius 1 is 0.889 bits per heavy atom. The number of nitrogens with zero attached hydrogens (tertiary/aromatic N) is 4. The van der Waals surface area contributed by atoms with E-state index in [1.807, 2.05) is 66.0 Å². The third-order valence-corrected chi connectivity index (χ3v) is 6.87. The van der Waals surface area contributed by atoms with Crippen LogP contribution in [0.3, 0.4) is 0 Å². The zero-order valence-electron chi connectivity index (χ0n) is 19.0. The Labute approximate surface area is 215 Å². The molecule has 2 aromatic carbocycles. The molecule has 176 valence electrons. The fourth-order valence-corrected chi connectivity index (χ4v) is 4.94. The molecule has 4 heterocycles. The molecule has 0 bridgehead atoms. The first kappa shape index (κ1) is 22.2. The van der Waals surface area contributed by atoms with Crippen molar-refractivity contribution in [2.45, 2.75) is 0 Å². The molecule has 0 unspecified atom stereocenters. The van der Waals surface area contributed by atoms with Gasteiger partial charge in [-0.1, -0.05) is 35.9 Å². The predicted octanol–water partition coefficient (Wildman–Crippen LogP) is 7.50. The van der Waals surface area contributed by atoms with Crippen LogP contribution in [0.5, 0.6) is 17.2 Å². The Morgan fingerprint density at radius 2 is 1.72 bits per heavy atom. The lowest BCUT2D eigenvalue weighted by atomic mass is 10.1. The molecule has 0 fully saturated rings. The number of benzene rings is 2. The topological polar surface area (TPSA) is 82.0 Å². The van der Waals surface area contributed by atoms with Crippen LogP contribution in [0.25, 0.3) is 32.4 Å². The summed E-state index contributed by atoms with van der Waals surface area (Å²) >= 11 is 7.68. The second-order valence-electron chi connectivity index (χ2n) is 7.88. The van der Waals surface area contributed by atoms with Crippen LogP contribution in [0.4, 0.5) is 11.5 Å². The fourth-order valence-electron chi connectivity index (χ4n) is 3.87. The summed E-state index contributed by atoms with van der Waals surface area (Å²) in [5.74, 6) is 2.60. The van der Waals surface area contributed by atoms with E-state index in [1.165, 1.54) is 0 Å². The van der Waals surface area contributed by atoms with E-state index in [4.69, 9.17) is 21.1 Å². The fraction of sp³-hybridized carbons (Fsp3) is 0.0370. The maximum Gasteiger partial charge on any atom is 0.161 e. The molecule has 0 spiro atoms. The number of ether oxygens (including phenoxy) is 2. The van der Waals surface area contributed by atoms with Crippen molar-refractivity contribution in [1.29, 1.82) is 0 Å². The lowest BCUT2D eigenvalue weighted by molar-refractivity contribution is 0.413. The first-order valence-corrected chi connectivity index (χ1v) is 12.3. The molecule has 0 radical (unpaired) electrons. The molecule has 9 heteroatoms. The summed E-state index contributed by atoms with van der Waals surface area (Å²) in [5, 5.41) is 16.9. The number of aromatic nitrogens is 4. The maximum atomic E-state index is 6.13. The molecule has 4 aromatic heterocycles. The number of anilines is 2. The largest absolute Gasteiger partial charge is 0.495 e. The van der Waals surface area contributed by atoms with Gasteiger partial charge in [-0.25, -0.2) is 4.98 Å². The van der Waals surface area contributed by atoms with Gasteiger partial charge in [0.25, 0.3) is 0 Å². The van der Waals surface area contributed by atoms with Crippen LogP contribution in [0.1, 0.15) is 0 Å². The van der Waals surface area contributed by atoms with Gasteiger partial charge in [0.15, 0.2) is 11.6 Å². The minimum Gasteiger partial charge on any atom is -0.495 e. The smallest absolute Gasteiger partial charge is 0.161 e. The van der Waals surface area contributed by atoms with Gasteiger partial charge in [-0.2, -0.15) is 0 Å². The van der Waals surface area contributed by atoms with Crippen LogP contribution in [0.15, 0.2) is 84.5 Å². The highest BCUT2D eigenvalue weighted by molar-refractivity contribution is 7.14. The molecule has 6 aromatic rings. The SMILES string of the molecule is COc1cnc2c(Oc3ccc(Nc4nnc(-c5cc(Cl)cs5)c5ccccc45)cc3)ccnc2c1. The Hall–Kier alpha value is -4.27. The van der Waals surface area contributed by atoms with Crippen LogP contribution in [-0.2, 0) is 0 Å². The van der Waals surface area contributed by atoms with E-state index in [0.717, 1.165) is 27.0 Å². The number of rotatable bonds is 6. The molecule has 0 aliphatic carbocycles. The predicted molar refractivity (Wildman–Crippen MR) is 144 cm³/mol. The highest BCUT2D eigenvalue weighted by Crippen LogP contribution is 2.36. The zero-order chi connectivity index (χ0) is 24.5. The monoisotopic (exact) mass is 511 g/mol. The van der Waals surface area contributed by atoms with Crippen molar-refractivity contribution >= 4 is 56.2 Å². The number of hydrogen-bond acceptors (Lipinski definition) is 8. The Morgan fingerprint density at radius 3 is 2.50 bits per heavy atom. The number of halogens is 1. The Balaban J connectivity index is 1.26. The van der Waals surface area contributed by atoms with E-state index in [0.29, 0.717) is 39.1 Å². The Bertz CT molecular complexity index is 1700. The molecule has 7 nitrogen and oxygen atoms in total. The standard InChI is InChI=1S/C27H18ClN5O2S/c1-34-19-13-22-26(30-14-19)23(10-11-29-22)35-18-8-6-17(7-9-18)31-27-21-5-3-2-4-20(21)25(32-33-27)24-12-16(28)15-36-24/h2-15H,1H3,(H,31,33). The van der Waals surface area contributed by atoms with Gasteiger partial charge in [-0.15, -0.1) is 21.5 Å². The number of fused-ring (bicyclic) bond motifs is 2. The van der Waals surface area contributed by atoms with E-state index in [-0.39, 0.29) is 0 Å². The number of nitrogens with one attached hydrogen (secondary N) is 1. The van der Waals surface area contributed by atoms with Gasteiger partial charge < -0.3 is 14.8 Å². The van der Waals surface area contributed by atoms with E-state index in [2.05, 4.69) is 25.5 Å². The molecule has 0 aliphatic rings. The second kappa shape index (κ2) is 9.41. The summed E-state index contributed by atoms with van der Waals surface area (Å²) in [6, 6.07) is 21.2. The van der Waals surface area contributed by atoms with Crippen molar-refractivity contribution in [3.8, 4) is 27.8 Å². The number of hydrogen-bond donors (Lipinski definition) is 1. The van der Waals surface area contributed by atoms with Gasteiger partial charge >= 0.3 is 0 Å². The van der Waals surface area contributed by atoms with Crippen molar-refractivity contribution in [2.75, 3.05) is 12.4 Å². The van der Waals surface area contributed by atoms with Crippen LogP contribution < -0.4 is 14.8 Å². The van der Waals surface area contributed by atoms with Crippen LogP contribution in [-0.4, -0.2) is 27.3 Å². The molecule has 1 N–H and O–H groups in total. The third kappa shape index (κ3) is 4.28. The van der Waals surface area contributed by atoms with Crippen LogP contribution >= 0.6 is 22.9 Å². The highest BCUT2D eigenvalue weighted by Gasteiger charge is 2.13. The minimum atomic E-state index is 0.615. The molecule has 36 heavy (non-hydrogen) atoms. The quantitative estimate of drug-likeness (QED) is 0.248. The van der Waals surface area contributed by atoms with E-state index in [1.54, 1.807) is 36.9 Å². The van der Waals surface area contributed by atoms with E-state index >= 15 is 0 Å². The summed E-state index contributed by atoms with van der Waals surface area (Å²) in [6.45, 7) is 0. The van der Waals surface area contributed by atoms with Crippen molar-refractivity contribution in [3.05, 3.63) is 89.5 Å². The first-order valence-electron chi connectivity index (χ1n) is 11.0. The maximum absolute atomic E-state index is 6.13. The highest BCUT2D eigenvalue weighted by atomic mass is 35.5. The normalized spacial score (nSPS) is 11.1. The zero-order valence-corrected chi connectivity index (χ0v) is 20.5. The molecule has 0 aliphatic heterocycles. The summed E-state index contributed by atoms with van der Waals surface area (Å²) in [6.07, 6.45) is 3.33. The lowest BCUT2D eigenvalue weighted by Gasteiger charge is -2.12. The van der Waals surface area contributed by atoms with Crippen molar-refractivity contribution in [2.24, 2.45) is 0 Å². The van der Waals surface area contributed by atoms with Crippen molar-refractivity contribution in [3.63, 3.8) is 0 Å². The van der Waals surface area contributed by atoms with Crippen LogP contribution in [0, 0.1) is 0 Å². The third-order valence-electron chi connectivity index (χ3n) is 5.58. The van der Waals surface area contributed by atoms with Gasteiger partial charge in [0.05, 0.1) is 28.7 Å². The summed E-state index contributed by atoms with van der Waals surface area (Å²) in [5.41, 5.74) is 3.03. The Kier molecular flexibility index (Phi) is 5.80. The van der Waals surface area contributed by atoms with Gasteiger partial charge in [0.2, 0.25) is 0 Å². The van der Waals surface area contributed by atoms with Gasteiger partial charge in [0, 0.05) is 40.2 Å². The first-order chi connectivity index (χ1) is 17.7. The molecule has 0 saturated heterocycles. The second-order valence-corrected chi connectivity index (χ2v) is 9.22. The van der Waals surface area contributed by atoms with E-state index in [9.17, 15) is 0 Å². The number of thiophene rings is 1. The van der Waals surface area contributed by atoms with Crippen molar-refractivity contribution in [1.82, 2.24) is 20.2 Å². The van der Waals surface area contributed by atoms with E-state index < -0.39 is 0 Å². The van der Waals surface area contributed by atoms with Gasteiger partial charge in [-0.3, -0.25) is 4.98 Å². The molecule has 6 rings (SSSR count). The van der Waals surface area contributed by atoms with Gasteiger partial charge in [-0.05, 0) is 30.3 Å². The van der Waals surface area contributed by atoms with Gasteiger partial charge in [0.1, 0.15) is 22.7 Å². The van der Waals surface area contributed by atoms with Crippen LogP contribution in [0.2, 0.25) is 5.02 Å². The van der Waals surface area contributed by atoms with Crippen molar-refractivity contribution < 1.29 is 9.47 Å². The molecule has 0 amide bonds.